The summed E-state index contributed by atoms with van der Waals surface area (Å²) in [5.74, 6) is 1.14. The molecule has 84 valence electrons. The lowest BCUT2D eigenvalue weighted by atomic mass is 10.3. The van der Waals surface area contributed by atoms with E-state index in [1.807, 2.05) is 6.07 Å². The summed E-state index contributed by atoms with van der Waals surface area (Å²) in [4.78, 5) is 7.11. The Balaban J connectivity index is 2.07. The highest BCUT2D eigenvalue weighted by Gasteiger charge is 2.15. The molecule has 0 saturated carbocycles. The Labute approximate surface area is 93.3 Å². The van der Waals surface area contributed by atoms with Crippen LogP contribution in [0.2, 0.25) is 0 Å². The first kappa shape index (κ1) is 10.7. The van der Waals surface area contributed by atoms with Gasteiger partial charge in [0.25, 0.3) is 0 Å². The molecule has 2 heterocycles. The highest BCUT2D eigenvalue weighted by atomic mass is 15.3. The van der Waals surface area contributed by atoms with Gasteiger partial charge in [-0.05, 0) is 29.8 Å². The average molecular weight is 219 g/mol. The van der Waals surface area contributed by atoms with Gasteiger partial charge in [-0.1, -0.05) is 0 Å². The number of piperazine rings is 1. The molecule has 16 heavy (non-hydrogen) atoms. The van der Waals surface area contributed by atoms with Crippen LogP contribution in [0, 0.1) is 0 Å². The number of aromatic nitrogens is 2. The Morgan fingerprint density at radius 2 is 2.00 bits per heavy atom. The number of nitrogens with zero attached hydrogens (tertiary/aromatic N) is 7. The Morgan fingerprint density at radius 1 is 1.25 bits per heavy atom. The van der Waals surface area contributed by atoms with Crippen molar-refractivity contribution >= 4 is 11.6 Å². The van der Waals surface area contributed by atoms with E-state index in [1.54, 1.807) is 6.07 Å². The van der Waals surface area contributed by atoms with Crippen molar-refractivity contribution in [2.24, 2.45) is 5.11 Å². The molecule has 2 rings (SSSR count). The molecule has 1 fully saturated rings. The molecule has 1 aliphatic heterocycles. The number of rotatable bonds is 2. The summed E-state index contributed by atoms with van der Waals surface area (Å²) in [6.45, 7) is 3.96. The summed E-state index contributed by atoms with van der Waals surface area (Å²) in [5.41, 5.74) is 8.24. The smallest absolute Gasteiger partial charge is 0.151 e. The van der Waals surface area contributed by atoms with E-state index in [0.29, 0.717) is 5.82 Å². The van der Waals surface area contributed by atoms with Crippen molar-refractivity contribution in [1.82, 2.24) is 15.1 Å². The van der Waals surface area contributed by atoms with Crippen molar-refractivity contribution in [2.75, 3.05) is 38.1 Å². The van der Waals surface area contributed by atoms with Crippen molar-refractivity contribution < 1.29 is 0 Å². The van der Waals surface area contributed by atoms with Crippen LogP contribution in [-0.2, 0) is 0 Å². The van der Waals surface area contributed by atoms with Crippen LogP contribution in [0.3, 0.4) is 0 Å². The van der Waals surface area contributed by atoms with Crippen LogP contribution in [0.5, 0.6) is 0 Å². The number of azide groups is 1. The highest BCUT2D eigenvalue weighted by molar-refractivity contribution is 5.41. The number of likely N-dealkylation sites (N-methyl/N-ethyl adjacent to an activating group) is 1. The monoisotopic (exact) mass is 219 g/mol. The van der Waals surface area contributed by atoms with Gasteiger partial charge in [0.1, 0.15) is 5.82 Å². The number of hydrogen-bond acceptors (Lipinski definition) is 5. The summed E-state index contributed by atoms with van der Waals surface area (Å²) < 4.78 is 0. The lowest BCUT2D eigenvalue weighted by Crippen LogP contribution is -2.44. The van der Waals surface area contributed by atoms with Gasteiger partial charge in [0.2, 0.25) is 0 Å². The maximum atomic E-state index is 8.24. The van der Waals surface area contributed by atoms with Gasteiger partial charge in [-0.3, -0.25) is 0 Å². The van der Waals surface area contributed by atoms with Crippen LogP contribution in [0.15, 0.2) is 17.2 Å². The Hall–Kier alpha value is -1.85. The minimum Gasteiger partial charge on any atom is -0.353 e. The van der Waals surface area contributed by atoms with Crippen LogP contribution in [-0.4, -0.2) is 48.3 Å². The molecule has 0 aliphatic carbocycles. The SMILES string of the molecule is CN1CCN(c2ccc(N=[N+]=[N-])nn2)CC1. The van der Waals surface area contributed by atoms with Crippen molar-refractivity contribution in [3.63, 3.8) is 0 Å². The van der Waals surface area contributed by atoms with Gasteiger partial charge in [0.15, 0.2) is 5.82 Å². The predicted octanol–water partition coefficient (Wildman–Crippen LogP) is 1.17. The van der Waals surface area contributed by atoms with Crippen LogP contribution in [0.25, 0.3) is 10.4 Å². The normalized spacial score (nSPS) is 16.9. The van der Waals surface area contributed by atoms with Crippen LogP contribution < -0.4 is 4.90 Å². The summed E-state index contributed by atoms with van der Waals surface area (Å²) in [5, 5.41) is 11.3. The van der Waals surface area contributed by atoms with E-state index in [2.05, 4.69) is 37.1 Å². The molecule has 0 bridgehead atoms. The number of hydrogen-bond donors (Lipinski definition) is 0. The van der Waals surface area contributed by atoms with E-state index in [1.165, 1.54) is 0 Å². The minimum atomic E-state index is 0.306. The zero-order valence-electron chi connectivity index (χ0n) is 9.11. The lowest BCUT2D eigenvalue weighted by molar-refractivity contribution is 0.312. The van der Waals surface area contributed by atoms with Crippen molar-refractivity contribution in [1.29, 1.82) is 0 Å². The number of anilines is 1. The zero-order valence-corrected chi connectivity index (χ0v) is 9.11. The molecule has 0 aromatic carbocycles. The van der Waals surface area contributed by atoms with E-state index in [0.717, 1.165) is 32.0 Å². The molecule has 0 spiro atoms. The van der Waals surface area contributed by atoms with Gasteiger partial charge < -0.3 is 9.80 Å². The predicted molar refractivity (Wildman–Crippen MR) is 60.5 cm³/mol. The fourth-order valence-electron chi connectivity index (χ4n) is 1.62. The molecule has 1 aromatic rings. The third-order valence-electron chi connectivity index (χ3n) is 2.61. The van der Waals surface area contributed by atoms with Crippen molar-refractivity contribution in [3.05, 3.63) is 22.6 Å². The van der Waals surface area contributed by atoms with E-state index >= 15 is 0 Å². The molecular weight excluding hydrogens is 206 g/mol. The van der Waals surface area contributed by atoms with E-state index in [9.17, 15) is 0 Å². The fourth-order valence-corrected chi connectivity index (χ4v) is 1.62. The van der Waals surface area contributed by atoms with Gasteiger partial charge in [0, 0.05) is 31.1 Å². The molecule has 0 N–H and O–H groups in total. The lowest BCUT2D eigenvalue weighted by Gasteiger charge is -2.32. The van der Waals surface area contributed by atoms with Crippen molar-refractivity contribution in [2.45, 2.75) is 0 Å². The van der Waals surface area contributed by atoms with E-state index < -0.39 is 0 Å². The maximum Gasteiger partial charge on any atom is 0.151 e. The Bertz CT molecular complexity index is 387. The Kier molecular flexibility index (Phi) is 3.19. The summed E-state index contributed by atoms with van der Waals surface area (Å²) in [6.07, 6.45) is 0. The van der Waals surface area contributed by atoms with E-state index in [4.69, 9.17) is 5.53 Å². The fraction of sp³-hybridized carbons (Fsp3) is 0.556. The molecule has 1 aliphatic rings. The standard InChI is InChI=1S/C9H13N7/c1-15-4-6-16(7-5-15)9-3-2-8(11-13-9)12-14-10/h2-3H,4-7H2,1H3. The average Bonchev–Trinajstić information content (AvgIpc) is 2.32. The molecule has 0 atom stereocenters. The first-order valence-corrected chi connectivity index (χ1v) is 5.12. The minimum absolute atomic E-state index is 0.306. The van der Waals surface area contributed by atoms with Crippen LogP contribution in [0.1, 0.15) is 0 Å². The molecule has 7 nitrogen and oxygen atoms in total. The molecule has 1 saturated heterocycles. The molecule has 7 heteroatoms. The topological polar surface area (TPSA) is 81.0 Å². The Morgan fingerprint density at radius 3 is 2.56 bits per heavy atom. The van der Waals surface area contributed by atoms with Crippen LogP contribution >= 0.6 is 0 Å². The summed E-state index contributed by atoms with van der Waals surface area (Å²) in [7, 11) is 2.10. The molecule has 0 unspecified atom stereocenters. The van der Waals surface area contributed by atoms with Gasteiger partial charge in [-0.15, -0.1) is 10.2 Å². The molecular formula is C9H13N7. The maximum absolute atomic E-state index is 8.24. The second kappa shape index (κ2) is 4.78. The second-order valence-electron chi connectivity index (χ2n) is 3.73. The second-order valence-corrected chi connectivity index (χ2v) is 3.73. The first-order chi connectivity index (χ1) is 7.79. The van der Waals surface area contributed by atoms with E-state index in [-0.39, 0.29) is 0 Å². The van der Waals surface area contributed by atoms with Crippen molar-refractivity contribution in [3.8, 4) is 0 Å². The van der Waals surface area contributed by atoms with Gasteiger partial charge in [0.05, 0.1) is 0 Å². The molecule has 0 amide bonds. The van der Waals surface area contributed by atoms with Gasteiger partial charge in [-0.2, -0.15) is 0 Å². The largest absolute Gasteiger partial charge is 0.353 e. The third kappa shape index (κ3) is 2.39. The quantitative estimate of drug-likeness (QED) is 0.424. The first-order valence-electron chi connectivity index (χ1n) is 5.12. The molecule has 0 radical (unpaired) electrons. The highest BCUT2D eigenvalue weighted by Crippen LogP contribution is 2.14. The summed E-state index contributed by atoms with van der Waals surface area (Å²) >= 11 is 0. The van der Waals surface area contributed by atoms with Gasteiger partial charge in [-0.25, -0.2) is 0 Å². The molecule has 1 aromatic heterocycles. The summed E-state index contributed by atoms with van der Waals surface area (Å²) in [6, 6.07) is 3.52. The zero-order chi connectivity index (χ0) is 11.4. The third-order valence-corrected chi connectivity index (χ3v) is 2.61. The van der Waals surface area contributed by atoms with Gasteiger partial charge >= 0.3 is 0 Å². The van der Waals surface area contributed by atoms with Crippen LogP contribution in [0.4, 0.5) is 11.6 Å².